The third-order valence-corrected chi connectivity index (χ3v) is 4.01. The molecule has 3 rings (SSSR count). The van der Waals surface area contributed by atoms with Gasteiger partial charge in [-0.1, -0.05) is 35.9 Å². The van der Waals surface area contributed by atoms with Crippen molar-refractivity contribution in [3.8, 4) is 11.4 Å². The summed E-state index contributed by atoms with van der Waals surface area (Å²) < 4.78 is 0.839. The van der Waals surface area contributed by atoms with E-state index in [4.69, 9.17) is 11.6 Å². The number of aromatic nitrogens is 3. The molecule has 0 radical (unpaired) electrons. The maximum absolute atomic E-state index is 6.04. The molecular weight excluding hydrogens is 361 g/mol. The average molecular weight is 368 g/mol. The van der Waals surface area contributed by atoms with Crippen molar-refractivity contribution in [2.45, 2.75) is 0 Å². The van der Waals surface area contributed by atoms with Crippen LogP contribution in [0.25, 0.3) is 22.2 Å². The summed E-state index contributed by atoms with van der Waals surface area (Å²) in [6.45, 7) is 0. The summed E-state index contributed by atoms with van der Waals surface area (Å²) in [6.07, 6.45) is 5.31. The van der Waals surface area contributed by atoms with E-state index in [1.807, 2.05) is 30.5 Å². The van der Waals surface area contributed by atoms with E-state index in [0.717, 1.165) is 19.9 Å². The summed E-state index contributed by atoms with van der Waals surface area (Å²) in [5.74, 6) is 0.602. The normalized spacial score (nSPS) is 10.8. The van der Waals surface area contributed by atoms with Gasteiger partial charge in [-0.2, -0.15) is 0 Å². The van der Waals surface area contributed by atoms with E-state index >= 15 is 0 Å². The quantitative estimate of drug-likeness (QED) is 0.483. The van der Waals surface area contributed by atoms with Gasteiger partial charge in [0.05, 0.1) is 3.57 Å². The van der Waals surface area contributed by atoms with Gasteiger partial charge in [0.2, 0.25) is 0 Å². The first-order valence-electron chi connectivity index (χ1n) is 5.27. The van der Waals surface area contributed by atoms with Crippen molar-refractivity contribution in [1.82, 2.24) is 15.0 Å². The summed E-state index contributed by atoms with van der Waals surface area (Å²) in [4.78, 5) is 12.8. The lowest BCUT2D eigenvalue weighted by Crippen LogP contribution is -1.93. The van der Waals surface area contributed by atoms with Crippen LogP contribution in [0.3, 0.4) is 0 Å². The molecule has 0 atom stereocenters. The Balaban J connectivity index is 2.28. The smallest absolute Gasteiger partial charge is 0.163 e. The molecule has 0 aliphatic rings. The SMILES string of the molecule is Clc1nc(-c2cncc3ccccc23)ncc1I. The van der Waals surface area contributed by atoms with Crippen LogP contribution in [-0.2, 0) is 0 Å². The van der Waals surface area contributed by atoms with Crippen molar-refractivity contribution in [3.05, 3.63) is 51.6 Å². The molecule has 3 nitrogen and oxygen atoms in total. The molecule has 0 N–H and O–H groups in total. The summed E-state index contributed by atoms with van der Waals surface area (Å²) in [5, 5.41) is 2.60. The van der Waals surface area contributed by atoms with Gasteiger partial charge >= 0.3 is 0 Å². The molecule has 3 aromatic rings. The van der Waals surface area contributed by atoms with Crippen molar-refractivity contribution < 1.29 is 0 Å². The van der Waals surface area contributed by atoms with Gasteiger partial charge < -0.3 is 0 Å². The van der Waals surface area contributed by atoms with Crippen molar-refractivity contribution in [2.75, 3.05) is 0 Å². The Morgan fingerprint density at radius 2 is 1.89 bits per heavy atom. The van der Waals surface area contributed by atoms with Crippen LogP contribution in [0.2, 0.25) is 5.15 Å². The van der Waals surface area contributed by atoms with Crippen LogP contribution in [0.4, 0.5) is 0 Å². The first-order valence-corrected chi connectivity index (χ1v) is 6.72. The molecule has 0 amide bonds. The van der Waals surface area contributed by atoms with Gasteiger partial charge in [0.1, 0.15) is 5.15 Å². The number of nitrogens with zero attached hydrogens (tertiary/aromatic N) is 3. The molecular formula is C13H7ClIN3. The zero-order valence-corrected chi connectivity index (χ0v) is 12.1. The van der Waals surface area contributed by atoms with Gasteiger partial charge in [0.25, 0.3) is 0 Å². The predicted molar refractivity (Wildman–Crippen MR) is 80.5 cm³/mol. The lowest BCUT2D eigenvalue weighted by atomic mass is 10.1. The van der Waals surface area contributed by atoms with Gasteiger partial charge in [-0.05, 0) is 28.0 Å². The highest BCUT2D eigenvalue weighted by Crippen LogP contribution is 2.26. The molecule has 18 heavy (non-hydrogen) atoms. The Morgan fingerprint density at radius 1 is 1.06 bits per heavy atom. The number of halogens is 2. The largest absolute Gasteiger partial charge is 0.263 e. The predicted octanol–water partition coefficient (Wildman–Crippen LogP) is 3.95. The van der Waals surface area contributed by atoms with Gasteiger partial charge in [0, 0.05) is 29.5 Å². The van der Waals surface area contributed by atoms with Gasteiger partial charge in [0.15, 0.2) is 5.82 Å². The van der Waals surface area contributed by atoms with Crippen LogP contribution >= 0.6 is 34.2 Å². The van der Waals surface area contributed by atoms with Crippen LogP contribution in [0.5, 0.6) is 0 Å². The Morgan fingerprint density at radius 3 is 2.72 bits per heavy atom. The molecule has 0 bridgehead atoms. The molecule has 0 saturated carbocycles. The van der Waals surface area contributed by atoms with E-state index < -0.39 is 0 Å². The number of hydrogen-bond acceptors (Lipinski definition) is 3. The van der Waals surface area contributed by atoms with E-state index in [0.29, 0.717) is 11.0 Å². The standard InChI is InChI=1S/C13H7ClIN3/c14-12-11(15)7-17-13(18-12)10-6-16-5-8-3-1-2-4-9(8)10/h1-7H. The molecule has 2 heterocycles. The van der Waals surface area contributed by atoms with Crippen LogP contribution in [0, 0.1) is 3.57 Å². The molecule has 0 aliphatic carbocycles. The summed E-state index contributed by atoms with van der Waals surface area (Å²) in [6, 6.07) is 8.01. The fraction of sp³-hybridized carbons (Fsp3) is 0. The Kier molecular flexibility index (Phi) is 3.13. The van der Waals surface area contributed by atoms with Gasteiger partial charge in [-0.25, -0.2) is 9.97 Å². The Hall–Kier alpha value is -1.27. The zero-order valence-electron chi connectivity index (χ0n) is 9.14. The molecule has 5 heteroatoms. The van der Waals surface area contributed by atoms with Gasteiger partial charge in [-0.3, -0.25) is 4.98 Å². The maximum Gasteiger partial charge on any atom is 0.163 e. The summed E-state index contributed by atoms with van der Waals surface area (Å²) >= 11 is 8.14. The van der Waals surface area contributed by atoms with Crippen molar-refractivity contribution in [2.24, 2.45) is 0 Å². The highest BCUT2D eigenvalue weighted by Gasteiger charge is 2.08. The number of rotatable bonds is 1. The van der Waals surface area contributed by atoms with Crippen LogP contribution in [0.1, 0.15) is 0 Å². The molecule has 0 saturated heterocycles. The number of fused-ring (bicyclic) bond motifs is 1. The van der Waals surface area contributed by atoms with E-state index in [1.54, 1.807) is 12.4 Å². The molecule has 0 unspecified atom stereocenters. The number of benzene rings is 1. The van der Waals surface area contributed by atoms with E-state index in [-0.39, 0.29) is 0 Å². The maximum atomic E-state index is 6.04. The summed E-state index contributed by atoms with van der Waals surface area (Å²) in [5.41, 5.74) is 0.895. The molecule has 1 aromatic carbocycles. The zero-order chi connectivity index (χ0) is 12.5. The Labute approximate surface area is 122 Å². The van der Waals surface area contributed by atoms with Crippen LogP contribution in [-0.4, -0.2) is 15.0 Å². The molecule has 0 aliphatic heterocycles. The average Bonchev–Trinajstić information content (AvgIpc) is 2.41. The second-order valence-corrected chi connectivity index (χ2v) is 5.26. The summed E-state index contributed by atoms with van der Waals surface area (Å²) in [7, 11) is 0. The van der Waals surface area contributed by atoms with E-state index in [9.17, 15) is 0 Å². The highest BCUT2D eigenvalue weighted by molar-refractivity contribution is 14.1. The topological polar surface area (TPSA) is 38.7 Å². The van der Waals surface area contributed by atoms with E-state index in [1.165, 1.54) is 0 Å². The number of hydrogen-bond donors (Lipinski definition) is 0. The lowest BCUT2D eigenvalue weighted by molar-refractivity contribution is 1.15. The fourth-order valence-electron chi connectivity index (χ4n) is 1.77. The minimum absolute atomic E-state index is 0.466. The fourth-order valence-corrected chi connectivity index (χ4v) is 2.16. The van der Waals surface area contributed by atoms with Crippen molar-refractivity contribution >= 4 is 45.0 Å². The van der Waals surface area contributed by atoms with Crippen molar-refractivity contribution in [1.29, 1.82) is 0 Å². The third kappa shape index (κ3) is 2.06. The second kappa shape index (κ2) is 4.78. The van der Waals surface area contributed by atoms with Crippen LogP contribution < -0.4 is 0 Å². The molecule has 0 spiro atoms. The Bertz CT molecular complexity index is 725. The lowest BCUT2D eigenvalue weighted by Gasteiger charge is -2.05. The van der Waals surface area contributed by atoms with E-state index in [2.05, 4.69) is 37.5 Å². The van der Waals surface area contributed by atoms with Crippen molar-refractivity contribution in [3.63, 3.8) is 0 Å². The monoisotopic (exact) mass is 367 g/mol. The molecule has 88 valence electrons. The third-order valence-electron chi connectivity index (χ3n) is 2.61. The van der Waals surface area contributed by atoms with Gasteiger partial charge in [-0.15, -0.1) is 0 Å². The minimum atomic E-state index is 0.466. The highest BCUT2D eigenvalue weighted by atomic mass is 127. The molecule has 2 aromatic heterocycles. The first-order chi connectivity index (χ1) is 8.75. The van der Waals surface area contributed by atoms with Crippen LogP contribution in [0.15, 0.2) is 42.9 Å². The first kappa shape index (κ1) is 11.8. The second-order valence-electron chi connectivity index (χ2n) is 3.74. The molecule has 0 fully saturated rings. The number of pyridine rings is 1. The minimum Gasteiger partial charge on any atom is -0.263 e.